The zero-order chi connectivity index (χ0) is 10.8. The average Bonchev–Trinajstić information content (AvgIpc) is 2.65. The summed E-state index contributed by atoms with van der Waals surface area (Å²) in [4.78, 5) is 13.1. The Bertz CT molecular complexity index is 507. The first-order valence-corrected chi connectivity index (χ1v) is 4.40. The van der Waals surface area contributed by atoms with Crippen LogP contribution in [0.5, 0.6) is 0 Å². The van der Waals surface area contributed by atoms with Crippen LogP contribution in [0, 0.1) is 5.82 Å². The first-order valence-electron chi connectivity index (χ1n) is 4.40. The Hall–Kier alpha value is -2.04. The minimum Gasteiger partial charge on any atom is -0.465 e. The van der Waals surface area contributed by atoms with Gasteiger partial charge < -0.3 is 15.4 Å². The smallest absolute Gasteiger partial charge is 0.404 e. The van der Waals surface area contributed by atoms with Gasteiger partial charge in [-0.25, -0.2) is 9.18 Å². The third kappa shape index (κ3) is 1.76. The number of carbonyl (C=O) groups is 1. The molecule has 1 aromatic heterocycles. The molecule has 1 heterocycles. The van der Waals surface area contributed by atoms with Gasteiger partial charge in [0.05, 0.1) is 0 Å². The molecule has 2 aromatic rings. The van der Waals surface area contributed by atoms with Crippen molar-refractivity contribution < 1.29 is 14.3 Å². The number of amides is 1. The summed E-state index contributed by atoms with van der Waals surface area (Å²) in [7, 11) is 0. The molecule has 15 heavy (non-hydrogen) atoms. The summed E-state index contributed by atoms with van der Waals surface area (Å²) >= 11 is 0. The Labute approximate surface area is 84.7 Å². The van der Waals surface area contributed by atoms with E-state index in [0.717, 1.165) is 0 Å². The van der Waals surface area contributed by atoms with Crippen molar-refractivity contribution in [2.24, 2.45) is 0 Å². The summed E-state index contributed by atoms with van der Waals surface area (Å²) < 4.78 is 13.7. The predicted molar refractivity (Wildman–Crippen MR) is 53.1 cm³/mol. The zero-order valence-corrected chi connectivity index (χ0v) is 7.75. The summed E-state index contributed by atoms with van der Waals surface area (Å²) in [5.74, 6) is -0.387. The molecule has 0 aliphatic carbocycles. The van der Waals surface area contributed by atoms with Crippen LogP contribution >= 0.6 is 0 Å². The molecule has 0 saturated carbocycles. The Morgan fingerprint density at radius 1 is 1.47 bits per heavy atom. The van der Waals surface area contributed by atoms with Gasteiger partial charge in [0.25, 0.3) is 0 Å². The third-order valence-electron chi connectivity index (χ3n) is 2.18. The summed E-state index contributed by atoms with van der Waals surface area (Å²) in [6.07, 6.45) is 0.478. The first-order chi connectivity index (χ1) is 7.18. The van der Waals surface area contributed by atoms with Crippen molar-refractivity contribution in [3.05, 3.63) is 35.8 Å². The normalized spacial score (nSPS) is 10.5. The number of benzene rings is 1. The van der Waals surface area contributed by atoms with Crippen LogP contribution in [0.15, 0.2) is 24.4 Å². The van der Waals surface area contributed by atoms with Crippen LogP contribution in [0.4, 0.5) is 9.18 Å². The van der Waals surface area contributed by atoms with E-state index >= 15 is 0 Å². The van der Waals surface area contributed by atoms with Crippen molar-refractivity contribution in [3.8, 4) is 0 Å². The molecule has 0 unspecified atom stereocenters. The second-order valence-corrected chi connectivity index (χ2v) is 3.14. The molecule has 1 amide bonds. The van der Waals surface area contributed by atoms with Crippen LogP contribution < -0.4 is 5.32 Å². The van der Waals surface area contributed by atoms with Gasteiger partial charge in [-0.05, 0) is 12.1 Å². The molecule has 78 valence electrons. The molecule has 5 heteroatoms. The first kappa shape index (κ1) is 9.51. The number of hydrogen-bond acceptors (Lipinski definition) is 1. The van der Waals surface area contributed by atoms with Gasteiger partial charge in [0.1, 0.15) is 5.82 Å². The number of hydrogen-bond donors (Lipinski definition) is 3. The number of nitrogens with one attached hydrogen (secondary N) is 2. The minimum atomic E-state index is -1.16. The van der Waals surface area contributed by atoms with Crippen LogP contribution in [0.1, 0.15) is 5.56 Å². The highest BCUT2D eigenvalue weighted by atomic mass is 19.1. The molecule has 2 rings (SSSR count). The van der Waals surface area contributed by atoms with Crippen molar-refractivity contribution >= 4 is 17.0 Å². The molecule has 4 nitrogen and oxygen atoms in total. The monoisotopic (exact) mass is 208 g/mol. The number of aromatic amines is 1. The summed E-state index contributed by atoms with van der Waals surface area (Å²) in [6, 6.07) is 4.90. The maximum absolute atomic E-state index is 13.7. The highest BCUT2D eigenvalue weighted by Crippen LogP contribution is 2.19. The van der Waals surface area contributed by atoms with Gasteiger partial charge in [-0.15, -0.1) is 0 Å². The number of H-pyrrole nitrogens is 1. The summed E-state index contributed by atoms with van der Waals surface area (Å²) in [5.41, 5.74) is 1.04. The SMILES string of the molecule is O=C(O)NCc1ccc2[nH]ccc2c1F. The molecule has 0 atom stereocenters. The van der Waals surface area contributed by atoms with Gasteiger partial charge in [-0.1, -0.05) is 6.07 Å². The molecule has 0 aliphatic heterocycles. The fraction of sp³-hybridized carbons (Fsp3) is 0.100. The molecule has 0 aliphatic rings. The van der Waals surface area contributed by atoms with Gasteiger partial charge in [-0.2, -0.15) is 0 Å². The molecule has 0 radical (unpaired) electrons. The molecule has 0 saturated heterocycles. The average molecular weight is 208 g/mol. The summed E-state index contributed by atoms with van der Waals surface area (Å²) in [5, 5.41) is 11.0. The van der Waals surface area contributed by atoms with E-state index in [1.165, 1.54) is 0 Å². The molecular formula is C10H9FN2O2. The highest BCUT2D eigenvalue weighted by molar-refractivity contribution is 5.80. The molecule has 1 aromatic carbocycles. The van der Waals surface area contributed by atoms with Crippen LogP contribution in [-0.2, 0) is 6.54 Å². The van der Waals surface area contributed by atoms with E-state index < -0.39 is 6.09 Å². The number of rotatable bonds is 2. The number of fused-ring (bicyclic) bond motifs is 1. The van der Waals surface area contributed by atoms with E-state index in [1.807, 2.05) is 0 Å². The zero-order valence-electron chi connectivity index (χ0n) is 7.75. The lowest BCUT2D eigenvalue weighted by atomic mass is 10.1. The summed E-state index contributed by atoms with van der Waals surface area (Å²) in [6.45, 7) is -0.0255. The fourth-order valence-electron chi connectivity index (χ4n) is 1.45. The molecule has 0 spiro atoms. The van der Waals surface area contributed by atoms with Gasteiger partial charge in [0.15, 0.2) is 0 Å². The van der Waals surface area contributed by atoms with Gasteiger partial charge >= 0.3 is 6.09 Å². The lowest BCUT2D eigenvalue weighted by Gasteiger charge is -2.03. The van der Waals surface area contributed by atoms with Crippen LogP contribution in [0.25, 0.3) is 10.9 Å². The fourth-order valence-corrected chi connectivity index (χ4v) is 1.45. The number of carboxylic acid groups (broad SMARTS) is 1. The van der Waals surface area contributed by atoms with Crippen molar-refractivity contribution in [2.45, 2.75) is 6.54 Å². The maximum Gasteiger partial charge on any atom is 0.404 e. The number of halogens is 1. The second-order valence-electron chi connectivity index (χ2n) is 3.14. The topological polar surface area (TPSA) is 65.1 Å². The van der Waals surface area contributed by atoms with E-state index in [2.05, 4.69) is 10.3 Å². The van der Waals surface area contributed by atoms with Crippen molar-refractivity contribution in [2.75, 3.05) is 0 Å². The van der Waals surface area contributed by atoms with Gasteiger partial charge in [0, 0.05) is 29.2 Å². The van der Waals surface area contributed by atoms with Crippen molar-refractivity contribution in [1.82, 2.24) is 10.3 Å². The molecule has 0 bridgehead atoms. The lowest BCUT2D eigenvalue weighted by Crippen LogP contribution is -2.20. The standard InChI is InChI=1S/C10H9FN2O2/c11-9-6(5-13-10(14)15)1-2-8-7(9)3-4-12-8/h1-4,12-13H,5H2,(H,14,15). The van der Waals surface area contributed by atoms with E-state index in [4.69, 9.17) is 5.11 Å². The lowest BCUT2D eigenvalue weighted by molar-refractivity contribution is 0.194. The molecular weight excluding hydrogens is 199 g/mol. The second kappa shape index (κ2) is 3.61. The van der Waals surface area contributed by atoms with E-state index in [0.29, 0.717) is 16.5 Å². The Morgan fingerprint density at radius 3 is 3.00 bits per heavy atom. The van der Waals surface area contributed by atoms with Gasteiger partial charge in [0.2, 0.25) is 0 Å². The van der Waals surface area contributed by atoms with E-state index in [9.17, 15) is 9.18 Å². The van der Waals surface area contributed by atoms with E-state index in [-0.39, 0.29) is 12.4 Å². The largest absolute Gasteiger partial charge is 0.465 e. The third-order valence-corrected chi connectivity index (χ3v) is 2.18. The Balaban J connectivity index is 2.35. The Kier molecular flexibility index (Phi) is 2.29. The van der Waals surface area contributed by atoms with Crippen LogP contribution in [0.3, 0.4) is 0 Å². The Morgan fingerprint density at radius 2 is 2.27 bits per heavy atom. The predicted octanol–water partition coefficient (Wildman–Crippen LogP) is 2.07. The van der Waals surface area contributed by atoms with Crippen molar-refractivity contribution in [1.29, 1.82) is 0 Å². The highest BCUT2D eigenvalue weighted by Gasteiger charge is 2.08. The number of aromatic nitrogens is 1. The van der Waals surface area contributed by atoms with Crippen molar-refractivity contribution in [3.63, 3.8) is 0 Å². The van der Waals surface area contributed by atoms with Gasteiger partial charge in [-0.3, -0.25) is 0 Å². The van der Waals surface area contributed by atoms with Crippen LogP contribution in [-0.4, -0.2) is 16.2 Å². The van der Waals surface area contributed by atoms with E-state index in [1.54, 1.807) is 24.4 Å². The molecule has 3 N–H and O–H groups in total. The maximum atomic E-state index is 13.7. The quantitative estimate of drug-likeness (QED) is 0.707. The van der Waals surface area contributed by atoms with Crippen LogP contribution in [0.2, 0.25) is 0 Å². The minimum absolute atomic E-state index is 0.0255. The molecule has 0 fully saturated rings.